The van der Waals surface area contributed by atoms with Crippen LogP contribution in [0.4, 0.5) is 0 Å². The third-order valence-electron chi connectivity index (χ3n) is 3.01. The van der Waals surface area contributed by atoms with E-state index in [2.05, 4.69) is 5.32 Å². The molecule has 1 aromatic carbocycles. The van der Waals surface area contributed by atoms with E-state index >= 15 is 0 Å². The lowest BCUT2D eigenvalue weighted by molar-refractivity contribution is -0.154. The summed E-state index contributed by atoms with van der Waals surface area (Å²) in [6, 6.07) is 11.7. The van der Waals surface area contributed by atoms with Crippen molar-refractivity contribution in [3.63, 3.8) is 0 Å². The first kappa shape index (κ1) is 17.1. The Bertz CT molecular complexity index is 716. The smallest absolute Gasteiger partial charge is 0.347 e. The molecule has 124 valence electrons. The highest BCUT2D eigenvalue weighted by Crippen LogP contribution is 2.13. The molecular formula is C17H16N2O5. The fourth-order valence-corrected chi connectivity index (χ4v) is 1.76. The van der Waals surface area contributed by atoms with Gasteiger partial charge in [0, 0.05) is 0 Å². The highest BCUT2D eigenvalue weighted by atomic mass is 16.6. The maximum absolute atomic E-state index is 11.8. The first-order valence-corrected chi connectivity index (χ1v) is 7.21. The number of nitrogens with one attached hydrogen (secondary N) is 1. The molecule has 0 unspecified atom stereocenters. The van der Waals surface area contributed by atoms with Gasteiger partial charge in [-0.3, -0.25) is 4.79 Å². The van der Waals surface area contributed by atoms with Crippen LogP contribution < -0.4 is 10.1 Å². The number of hydrogen-bond donors (Lipinski definition) is 1. The van der Waals surface area contributed by atoms with Crippen LogP contribution in [0.5, 0.6) is 5.75 Å². The van der Waals surface area contributed by atoms with Gasteiger partial charge in [0.25, 0.3) is 5.91 Å². The summed E-state index contributed by atoms with van der Waals surface area (Å²) in [7, 11) is 0. The predicted octanol–water partition coefficient (Wildman–Crippen LogP) is 1.78. The number of carbonyl (C=O) groups is 2. The molecule has 24 heavy (non-hydrogen) atoms. The topological polar surface area (TPSA) is 102 Å². The standard InChI is InChI=1S/C17H16N2O5/c1-12(24-14-6-4-13(9-18)5-7-14)17(21)23-11-16(20)19-10-15-3-2-8-22-15/h2-8,12H,10-11H2,1H3,(H,19,20)/t12-/m1/s1. The van der Waals surface area contributed by atoms with Crippen LogP contribution in [0.25, 0.3) is 0 Å². The van der Waals surface area contributed by atoms with E-state index in [4.69, 9.17) is 19.2 Å². The number of ether oxygens (including phenoxy) is 2. The first-order chi connectivity index (χ1) is 11.6. The summed E-state index contributed by atoms with van der Waals surface area (Å²) >= 11 is 0. The molecule has 1 atom stereocenters. The van der Waals surface area contributed by atoms with E-state index in [0.29, 0.717) is 17.1 Å². The van der Waals surface area contributed by atoms with Crippen LogP contribution in [0.1, 0.15) is 18.2 Å². The molecule has 7 heteroatoms. The number of esters is 1. The van der Waals surface area contributed by atoms with E-state index in [1.54, 1.807) is 36.4 Å². The van der Waals surface area contributed by atoms with E-state index in [-0.39, 0.29) is 6.54 Å². The van der Waals surface area contributed by atoms with Crippen molar-refractivity contribution < 1.29 is 23.5 Å². The third-order valence-corrected chi connectivity index (χ3v) is 3.01. The number of carbonyl (C=O) groups excluding carboxylic acids is 2. The molecule has 0 aliphatic rings. The Morgan fingerprint density at radius 2 is 2.04 bits per heavy atom. The SMILES string of the molecule is C[C@@H](Oc1ccc(C#N)cc1)C(=O)OCC(=O)NCc1ccco1. The van der Waals surface area contributed by atoms with Crippen LogP contribution in [0.2, 0.25) is 0 Å². The van der Waals surface area contributed by atoms with Crippen LogP contribution >= 0.6 is 0 Å². The van der Waals surface area contributed by atoms with E-state index < -0.39 is 24.6 Å². The van der Waals surface area contributed by atoms with Crippen LogP contribution in [0, 0.1) is 11.3 Å². The van der Waals surface area contributed by atoms with E-state index in [9.17, 15) is 9.59 Å². The lowest BCUT2D eigenvalue weighted by atomic mass is 10.2. The molecule has 1 N–H and O–H groups in total. The average molecular weight is 328 g/mol. The Morgan fingerprint density at radius 1 is 1.29 bits per heavy atom. The molecule has 2 rings (SSSR count). The van der Waals surface area contributed by atoms with Gasteiger partial charge in [0.15, 0.2) is 12.7 Å². The second kappa shape index (κ2) is 8.39. The van der Waals surface area contributed by atoms with Crippen molar-refractivity contribution in [2.45, 2.75) is 19.6 Å². The Labute approximate surface area is 138 Å². The highest BCUT2D eigenvalue weighted by molar-refractivity contribution is 5.81. The summed E-state index contributed by atoms with van der Waals surface area (Å²) < 4.78 is 15.4. The molecule has 0 fully saturated rings. The zero-order valence-corrected chi connectivity index (χ0v) is 13.0. The summed E-state index contributed by atoms with van der Waals surface area (Å²) in [5, 5.41) is 11.3. The predicted molar refractivity (Wildman–Crippen MR) is 82.8 cm³/mol. The summed E-state index contributed by atoms with van der Waals surface area (Å²) in [6.07, 6.45) is 0.625. The molecule has 1 aromatic heterocycles. The average Bonchev–Trinajstić information content (AvgIpc) is 3.12. The quantitative estimate of drug-likeness (QED) is 0.777. The third kappa shape index (κ3) is 5.18. The molecule has 1 amide bonds. The van der Waals surface area contributed by atoms with Crippen LogP contribution in [0.3, 0.4) is 0 Å². The Balaban J connectivity index is 1.72. The van der Waals surface area contributed by atoms with Crippen molar-refractivity contribution in [1.82, 2.24) is 5.32 Å². The number of amides is 1. The van der Waals surface area contributed by atoms with Gasteiger partial charge in [-0.15, -0.1) is 0 Å². The lowest BCUT2D eigenvalue weighted by Crippen LogP contribution is -2.32. The van der Waals surface area contributed by atoms with E-state index in [0.717, 1.165) is 0 Å². The minimum atomic E-state index is -0.879. The highest BCUT2D eigenvalue weighted by Gasteiger charge is 2.17. The van der Waals surface area contributed by atoms with Gasteiger partial charge in [-0.25, -0.2) is 4.79 Å². The molecule has 0 saturated carbocycles. The van der Waals surface area contributed by atoms with Gasteiger partial charge < -0.3 is 19.2 Å². The van der Waals surface area contributed by atoms with Crippen molar-refractivity contribution in [2.24, 2.45) is 0 Å². The van der Waals surface area contributed by atoms with Gasteiger partial charge in [0.2, 0.25) is 0 Å². The fraction of sp³-hybridized carbons (Fsp3) is 0.235. The minimum absolute atomic E-state index is 0.223. The molecule has 2 aromatic rings. The number of hydrogen-bond acceptors (Lipinski definition) is 6. The Morgan fingerprint density at radius 3 is 2.67 bits per heavy atom. The lowest BCUT2D eigenvalue weighted by Gasteiger charge is -2.13. The van der Waals surface area contributed by atoms with Crippen molar-refractivity contribution >= 4 is 11.9 Å². The molecular weight excluding hydrogens is 312 g/mol. The molecule has 0 aliphatic heterocycles. The summed E-state index contributed by atoms with van der Waals surface area (Å²) in [4.78, 5) is 23.4. The molecule has 0 bridgehead atoms. The van der Waals surface area contributed by atoms with E-state index in [1.807, 2.05) is 6.07 Å². The maximum atomic E-state index is 11.8. The number of rotatable bonds is 7. The number of furan rings is 1. The summed E-state index contributed by atoms with van der Waals surface area (Å²) in [6.45, 7) is 1.34. The largest absolute Gasteiger partial charge is 0.479 e. The van der Waals surface area contributed by atoms with Crippen molar-refractivity contribution in [1.29, 1.82) is 5.26 Å². The molecule has 7 nitrogen and oxygen atoms in total. The number of benzene rings is 1. The van der Waals surface area contributed by atoms with E-state index in [1.165, 1.54) is 13.2 Å². The molecule has 0 radical (unpaired) electrons. The van der Waals surface area contributed by atoms with Crippen molar-refractivity contribution in [3.8, 4) is 11.8 Å². The molecule has 0 spiro atoms. The zero-order valence-electron chi connectivity index (χ0n) is 13.0. The van der Waals surface area contributed by atoms with Gasteiger partial charge in [-0.1, -0.05) is 0 Å². The molecule has 0 aliphatic carbocycles. The second-order valence-corrected chi connectivity index (χ2v) is 4.86. The molecule has 1 heterocycles. The fourth-order valence-electron chi connectivity index (χ4n) is 1.76. The number of nitriles is 1. The van der Waals surface area contributed by atoms with Gasteiger partial charge in [-0.2, -0.15) is 5.26 Å². The van der Waals surface area contributed by atoms with Gasteiger partial charge >= 0.3 is 5.97 Å². The van der Waals surface area contributed by atoms with Crippen LogP contribution in [-0.4, -0.2) is 24.6 Å². The van der Waals surface area contributed by atoms with Crippen LogP contribution in [-0.2, 0) is 20.9 Å². The minimum Gasteiger partial charge on any atom is -0.479 e. The summed E-state index contributed by atoms with van der Waals surface area (Å²) in [5.74, 6) is -0.0641. The maximum Gasteiger partial charge on any atom is 0.347 e. The van der Waals surface area contributed by atoms with Crippen molar-refractivity contribution in [2.75, 3.05) is 6.61 Å². The Kier molecular flexibility index (Phi) is 5.97. The zero-order chi connectivity index (χ0) is 17.4. The second-order valence-electron chi connectivity index (χ2n) is 4.86. The van der Waals surface area contributed by atoms with Gasteiger partial charge in [-0.05, 0) is 43.3 Å². The normalized spacial score (nSPS) is 11.2. The Hall–Kier alpha value is -3.27. The van der Waals surface area contributed by atoms with Gasteiger partial charge in [0.05, 0.1) is 24.4 Å². The molecule has 0 saturated heterocycles. The van der Waals surface area contributed by atoms with Gasteiger partial charge in [0.1, 0.15) is 11.5 Å². The first-order valence-electron chi connectivity index (χ1n) is 7.21. The summed E-state index contributed by atoms with van der Waals surface area (Å²) in [5.41, 5.74) is 0.491. The number of nitrogens with zero attached hydrogens (tertiary/aromatic N) is 1. The van der Waals surface area contributed by atoms with Crippen LogP contribution in [0.15, 0.2) is 47.1 Å². The van der Waals surface area contributed by atoms with Crippen molar-refractivity contribution in [3.05, 3.63) is 54.0 Å². The monoisotopic (exact) mass is 328 g/mol.